The van der Waals surface area contributed by atoms with Crippen molar-refractivity contribution in [3.8, 4) is 0 Å². The maximum Gasteiger partial charge on any atom is 0.266 e. The second-order valence-electron chi connectivity index (χ2n) is 4.03. The van der Waals surface area contributed by atoms with E-state index < -0.39 is 18.9 Å². The van der Waals surface area contributed by atoms with E-state index in [0.29, 0.717) is 10.6 Å². The van der Waals surface area contributed by atoms with Gasteiger partial charge in [-0.1, -0.05) is 22.0 Å². The molecule has 1 aromatic carbocycles. The number of benzene rings is 1. The van der Waals surface area contributed by atoms with E-state index in [1.165, 1.54) is 18.4 Å². The average Bonchev–Trinajstić information content (AvgIpc) is 2.66. The molecule has 0 saturated heterocycles. The summed E-state index contributed by atoms with van der Waals surface area (Å²) < 4.78 is 26.2. The van der Waals surface area contributed by atoms with Crippen molar-refractivity contribution in [1.29, 1.82) is 0 Å². The van der Waals surface area contributed by atoms with Gasteiger partial charge in [0.25, 0.3) is 12.3 Å². The fourth-order valence-electron chi connectivity index (χ4n) is 1.75. The van der Waals surface area contributed by atoms with Gasteiger partial charge in [-0.05, 0) is 12.1 Å². The highest BCUT2D eigenvalue weighted by Crippen LogP contribution is 2.38. The molecular weight excluding hydrogens is 338 g/mol. The number of amides is 1. The standard InChI is InChI=1S/C12H11BrF2N2OS/c1-17(5-8(14)15)12(18)11-10(16)9-6(13)3-2-4-7(9)19-11/h2-4,8H,5,16H2,1H3. The molecule has 19 heavy (non-hydrogen) atoms. The van der Waals surface area contributed by atoms with Gasteiger partial charge in [0.05, 0.1) is 12.2 Å². The lowest BCUT2D eigenvalue weighted by atomic mass is 10.2. The SMILES string of the molecule is CN(CC(F)F)C(=O)c1sc2cccc(Br)c2c1N. The number of alkyl halides is 2. The summed E-state index contributed by atoms with van der Waals surface area (Å²) in [4.78, 5) is 13.4. The van der Waals surface area contributed by atoms with Gasteiger partial charge in [-0.25, -0.2) is 8.78 Å². The van der Waals surface area contributed by atoms with E-state index in [0.717, 1.165) is 19.5 Å². The first-order valence-electron chi connectivity index (χ1n) is 5.42. The number of nitrogens with zero attached hydrogens (tertiary/aromatic N) is 1. The minimum Gasteiger partial charge on any atom is -0.397 e. The van der Waals surface area contributed by atoms with E-state index in [1.54, 1.807) is 0 Å². The first kappa shape index (κ1) is 14.2. The summed E-state index contributed by atoms with van der Waals surface area (Å²) in [5.41, 5.74) is 6.29. The van der Waals surface area contributed by atoms with Crippen LogP contribution in [0.2, 0.25) is 0 Å². The summed E-state index contributed by atoms with van der Waals surface area (Å²) in [6.07, 6.45) is -2.56. The molecule has 2 N–H and O–H groups in total. The molecule has 0 aliphatic rings. The molecule has 0 saturated carbocycles. The predicted molar refractivity (Wildman–Crippen MR) is 76.9 cm³/mol. The zero-order valence-electron chi connectivity index (χ0n) is 9.99. The maximum atomic E-state index is 12.3. The number of hydrogen-bond donors (Lipinski definition) is 1. The minimum atomic E-state index is -2.56. The lowest BCUT2D eigenvalue weighted by Gasteiger charge is -2.15. The Balaban J connectivity index is 2.43. The van der Waals surface area contributed by atoms with Crippen LogP contribution in [0, 0.1) is 0 Å². The number of anilines is 1. The van der Waals surface area contributed by atoms with Crippen LogP contribution < -0.4 is 5.73 Å². The fourth-order valence-corrected chi connectivity index (χ4v) is 3.61. The van der Waals surface area contributed by atoms with Gasteiger partial charge < -0.3 is 10.6 Å². The van der Waals surface area contributed by atoms with Gasteiger partial charge in [0.15, 0.2) is 0 Å². The predicted octanol–water partition coefficient (Wildman–Crippen LogP) is 3.58. The molecule has 1 amide bonds. The summed E-state index contributed by atoms with van der Waals surface area (Å²) in [7, 11) is 1.34. The molecule has 102 valence electrons. The number of halogens is 3. The Hall–Kier alpha value is -1.21. The first-order chi connectivity index (χ1) is 8.91. The van der Waals surface area contributed by atoms with Gasteiger partial charge in [-0.15, -0.1) is 11.3 Å². The second kappa shape index (κ2) is 5.42. The molecule has 0 spiro atoms. The van der Waals surface area contributed by atoms with Crippen molar-refractivity contribution in [2.45, 2.75) is 6.43 Å². The molecule has 1 heterocycles. The van der Waals surface area contributed by atoms with E-state index in [2.05, 4.69) is 15.9 Å². The number of nitrogen functional groups attached to an aromatic ring is 1. The molecule has 2 rings (SSSR count). The number of carbonyl (C=O) groups excluding carboxylic acids is 1. The van der Waals surface area contributed by atoms with Crippen LogP contribution in [0.4, 0.5) is 14.5 Å². The van der Waals surface area contributed by atoms with E-state index >= 15 is 0 Å². The molecule has 0 aliphatic heterocycles. The van der Waals surface area contributed by atoms with Crippen LogP contribution in [-0.4, -0.2) is 30.8 Å². The Morgan fingerprint density at radius 1 is 1.53 bits per heavy atom. The smallest absolute Gasteiger partial charge is 0.266 e. The molecule has 0 unspecified atom stereocenters. The van der Waals surface area contributed by atoms with Gasteiger partial charge in [0, 0.05) is 21.6 Å². The third kappa shape index (κ3) is 2.71. The quantitative estimate of drug-likeness (QED) is 0.921. The third-order valence-corrected chi connectivity index (χ3v) is 4.47. The van der Waals surface area contributed by atoms with Crippen molar-refractivity contribution in [3.63, 3.8) is 0 Å². The third-order valence-electron chi connectivity index (χ3n) is 2.65. The van der Waals surface area contributed by atoms with Crippen molar-refractivity contribution in [2.75, 3.05) is 19.3 Å². The Labute approximate surface area is 121 Å². The molecule has 0 bridgehead atoms. The summed E-state index contributed by atoms with van der Waals surface area (Å²) in [6.45, 7) is -0.603. The molecule has 0 fully saturated rings. The monoisotopic (exact) mass is 348 g/mol. The molecule has 0 aliphatic carbocycles. The van der Waals surface area contributed by atoms with E-state index in [-0.39, 0.29) is 0 Å². The maximum absolute atomic E-state index is 12.3. The van der Waals surface area contributed by atoms with Crippen molar-refractivity contribution < 1.29 is 13.6 Å². The van der Waals surface area contributed by atoms with Crippen LogP contribution in [0.3, 0.4) is 0 Å². The average molecular weight is 349 g/mol. The summed E-state index contributed by atoms with van der Waals surface area (Å²) in [5, 5.41) is 0.751. The van der Waals surface area contributed by atoms with Gasteiger partial charge >= 0.3 is 0 Å². The number of hydrogen-bond acceptors (Lipinski definition) is 3. The number of thiophene rings is 1. The number of fused-ring (bicyclic) bond motifs is 1. The van der Waals surface area contributed by atoms with Crippen LogP contribution >= 0.6 is 27.3 Å². The van der Waals surface area contributed by atoms with Gasteiger partial charge in [-0.2, -0.15) is 0 Å². The normalized spacial score (nSPS) is 11.2. The number of rotatable bonds is 3. The molecule has 0 atom stereocenters. The second-order valence-corrected chi connectivity index (χ2v) is 5.94. The van der Waals surface area contributed by atoms with Crippen LogP contribution in [-0.2, 0) is 0 Å². The minimum absolute atomic E-state index is 0.296. The van der Waals surface area contributed by atoms with Crippen molar-refractivity contribution in [3.05, 3.63) is 27.5 Å². The van der Waals surface area contributed by atoms with E-state index in [9.17, 15) is 13.6 Å². The summed E-state index contributed by atoms with van der Waals surface area (Å²) in [5.74, 6) is -0.481. The first-order valence-corrected chi connectivity index (χ1v) is 7.03. The number of carbonyl (C=O) groups is 1. The Morgan fingerprint density at radius 3 is 2.79 bits per heavy atom. The zero-order valence-corrected chi connectivity index (χ0v) is 12.4. The molecular formula is C12H11BrF2N2OS. The molecule has 7 heteroatoms. The highest BCUT2D eigenvalue weighted by Gasteiger charge is 2.22. The van der Waals surface area contributed by atoms with Crippen molar-refractivity contribution in [2.24, 2.45) is 0 Å². The van der Waals surface area contributed by atoms with Crippen molar-refractivity contribution in [1.82, 2.24) is 4.90 Å². The molecule has 1 aromatic heterocycles. The highest BCUT2D eigenvalue weighted by atomic mass is 79.9. The van der Waals surface area contributed by atoms with Crippen LogP contribution in [0.25, 0.3) is 10.1 Å². The summed E-state index contributed by atoms with van der Waals surface area (Å²) >= 11 is 4.58. The molecule has 3 nitrogen and oxygen atoms in total. The summed E-state index contributed by atoms with van der Waals surface area (Å²) in [6, 6.07) is 5.49. The van der Waals surface area contributed by atoms with Crippen molar-refractivity contribution >= 4 is 48.9 Å². The highest BCUT2D eigenvalue weighted by molar-refractivity contribution is 9.10. The molecule has 0 radical (unpaired) electrons. The van der Waals surface area contributed by atoms with Gasteiger partial charge in [0.2, 0.25) is 0 Å². The zero-order chi connectivity index (χ0) is 14.2. The fraction of sp³-hybridized carbons (Fsp3) is 0.250. The molecule has 2 aromatic rings. The van der Waals surface area contributed by atoms with Crippen LogP contribution in [0.5, 0.6) is 0 Å². The van der Waals surface area contributed by atoms with E-state index in [1.807, 2.05) is 18.2 Å². The Morgan fingerprint density at radius 2 is 2.21 bits per heavy atom. The van der Waals surface area contributed by atoms with Gasteiger partial charge in [-0.3, -0.25) is 4.79 Å². The Bertz CT molecular complexity index is 629. The van der Waals surface area contributed by atoms with Gasteiger partial charge in [0.1, 0.15) is 4.88 Å². The van der Waals surface area contributed by atoms with E-state index in [4.69, 9.17) is 5.73 Å². The largest absolute Gasteiger partial charge is 0.397 e. The number of nitrogens with two attached hydrogens (primary N) is 1. The lowest BCUT2D eigenvalue weighted by molar-refractivity contribution is 0.0625. The Kier molecular flexibility index (Phi) is 4.05. The topological polar surface area (TPSA) is 46.3 Å². The van der Waals surface area contributed by atoms with Crippen LogP contribution in [0.1, 0.15) is 9.67 Å². The van der Waals surface area contributed by atoms with Crippen LogP contribution in [0.15, 0.2) is 22.7 Å². The lowest BCUT2D eigenvalue weighted by Crippen LogP contribution is -2.31.